The maximum Gasteiger partial charge on any atom is 0.263 e. The molecule has 27 heavy (non-hydrogen) atoms. The molecule has 0 aliphatic heterocycles. The second-order valence-corrected chi connectivity index (χ2v) is 6.08. The number of imidazole rings is 1. The highest BCUT2D eigenvalue weighted by Gasteiger charge is 2.12. The number of nitrogens with one attached hydrogen (secondary N) is 1. The summed E-state index contributed by atoms with van der Waals surface area (Å²) in [5.41, 5.74) is 3.18. The Morgan fingerprint density at radius 1 is 1.41 bits per heavy atom. The van der Waals surface area contributed by atoms with Gasteiger partial charge in [-0.15, -0.1) is 0 Å². The van der Waals surface area contributed by atoms with E-state index in [1.165, 1.54) is 6.07 Å². The highest BCUT2D eigenvalue weighted by Crippen LogP contribution is 2.29. The van der Waals surface area contributed by atoms with Crippen LogP contribution in [0.15, 0.2) is 41.5 Å². The number of nitrogens with zero attached hydrogens (tertiary/aromatic N) is 4. The van der Waals surface area contributed by atoms with Crippen molar-refractivity contribution in [1.82, 2.24) is 15.0 Å². The first-order valence-electron chi connectivity index (χ1n) is 7.74. The van der Waals surface area contributed by atoms with E-state index in [-0.39, 0.29) is 17.0 Å². The Kier molecular flexibility index (Phi) is 5.04. The third-order valence-electron chi connectivity index (χ3n) is 3.85. The molecule has 1 aromatic heterocycles. The first-order valence-corrected chi connectivity index (χ1v) is 8.12. The van der Waals surface area contributed by atoms with Crippen molar-refractivity contribution in [2.24, 2.45) is 12.1 Å². The molecule has 0 radical (unpaired) electrons. The molecule has 9 nitrogen and oxygen atoms in total. The van der Waals surface area contributed by atoms with Gasteiger partial charge in [-0.3, -0.25) is 14.9 Å². The zero-order chi connectivity index (χ0) is 19.6. The molecule has 3 aromatic rings. The first kappa shape index (κ1) is 18.3. The van der Waals surface area contributed by atoms with Crippen LogP contribution in [0.1, 0.15) is 11.4 Å². The van der Waals surface area contributed by atoms with Crippen molar-refractivity contribution in [2.45, 2.75) is 6.42 Å². The van der Waals surface area contributed by atoms with Crippen molar-refractivity contribution in [1.29, 1.82) is 0 Å². The molecule has 1 heterocycles. The van der Waals surface area contributed by atoms with E-state index >= 15 is 0 Å². The SMILES string of the molecule is Cn1c(CC(=O)N/N=C\c2cc(Cl)cc([N+](=O)[O-])c2[O-])nc2ccccc21. The average molecular weight is 387 g/mol. The Labute approximate surface area is 158 Å². The van der Waals surface area contributed by atoms with Gasteiger partial charge in [-0.05, 0) is 29.5 Å². The van der Waals surface area contributed by atoms with E-state index in [0.29, 0.717) is 5.82 Å². The maximum atomic E-state index is 12.1. The molecule has 0 saturated heterocycles. The molecule has 0 bridgehead atoms. The number of carbonyl (C=O) groups is 1. The Morgan fingerprint density at radius 3 is 2.85 bits per heavy atom. The average Bonchev–Trinajstić information content (AvgIpc) is 2.93. The summed E-state index contributed by atoms with van der Waals surface area (Å²) in [7, 11) is 1.80. The van der Waals surface area contributed by atoms with Gasteiger partial charge >= 0.3 is 0 Å². The monoisotopic (exact) mass is 386 g/mol. The molecule has 0 atom stereocenters. The van der Waals surface area contributed by atoms with E-state index in [1.807, 2.05) is 24.3 Å². The number of rotatable bonds is 5. The van der Waals surface area contributed by atoms with Crippen LogP contribution in [0.3, 0.4) is 0 Å². The molecule has 1 N–H and O–H groups in total. The number of para-hydroxylation sites is 2. The third-order valence-corrected chi connectivity index (χ3v) is 4.07. The molecule has 0 fully saturated rings. The Balaban J connectivity index is 1.72. The van der Waals surface area contributed by atoms with Gasteiger partial charge in [0.1, 0.15) is 5.82 Å². The van der Waals surface area contributed by atoms with Crippen LogP contribution in [0.4, 0.5) is 5.69 Å². The van der Waals surface area contributed by atoms with Gasteiger partial charge in [0.2, 0.25) is 5.91 Å². The lowest BCUT2D eigenvalue weighted by Gasteiger charge is -2.10. The van der Waals surface area contributed by atoms with Crippen molar-refractivity contribution in [3.8, 4) is 5.75 Å². The van der Waals surface area contributed by atoms with Crippen LogP contribution < -0.4 is 10.5 Å². The predicted molar refractivity (Wildman–Crippen MR) is 97.7 cm³/mol. The molecule has 3 rings (SSSR count). The van der Waals surface area contributed by atoms with Crippen molar-refractivity contribution >= 4 is 40.4 Å². The fourth-order valence-corrected chi connectivity index (χ4v) is 2.76. The second-order valence-electron chi connectivity index (χ2n) is 5.65. The molecule has 10 heteroatoms. The van der Waals surface area contributed by atoms with Gasteiger partial charge in [0.25, 0.3) is 5.69 Å². The second kappa shape index (κ2) is 7.42. The van der Waals surface area contributed by atoms with Crippen molar-refractivity contribution in [2.75, 3.05) is 0 Å². The number of carbonyl (C=O) groups excluding carboxylic acids is 1. The quantitative estimate of drug-likeness (QED) is 0.407. The molecule has 0 spiro atoms. The van der Waals surface area contributed by atoms with E-state index in [2.05, 4.69) is 15.5 Å². The normalized spacial score (nSPS) is 11.2. The van der Waals surface area contributed by atoms with Gasteiger partial charge in [0, 0.05) is 18.1 Å². The van der Waals surface area contributed by atoms with Crippen LogP contribution >= 0.6 is 11.6 Å². The number of aryl methyl sites for hydroxylation is 1. The molecule has 0 unspecified atom stereocenters. The highest BCUT2D eigenvalue weighted by atomic mass is 35.5. The predicted octanol–water partition coefficient (Wildman–Crippen LogP) is 1.90. The van der Waals surface area contributed by atoms with Crippen LogP contribution in [0.2, 0.25) is 5.02 Å². The molecule has 138 valence electrons. The van der Waals surface area contributed by atoms with Crippen LogP contribution in [0.25, 0.3) is 11.0 Å². The first-order chi connectivity index (χ1) is 12.9. The minimum atomic E-state index is -0.835. The van der Waals surface area contributed by atoms with Crippen LogP contribution in [-0.2, 0) is 18.3 Å². The molecule has 0 aliphatic rings. The van der Waals surface area contributed by atoms with E-state index < -0.39 is 22.3 Å². The topological polar surface area (TPSA) is 125 Å². The van der Waals surface area contributed by atoms with Gasteiger partial charge in [-0.1, -0.05) is 23.7 Å². The van der Waals surface area contributed by atoms with Gasteiger partial charge in [0.05, 0.1) is 28.6 Å². The van der Waals surface area contributed by atoms with Gasteiger partial charge in [0.15, 0.2) is 0 Å². The van der Waals surface area contributed by atoms with Crippen LogP contribution in [-0.4, -0.2) is 26.6 Å². The third kappa shape index (κ3) is 3.87. The number of aromatic nitrogens is 2. The summed E-state index contributed by atoms with van der Waals surface area (Å²) in [5.74, 6) is -0.738. The largest absolute Gasteiger partial charge is 0.867 e. The summed E-state index contributed by atoms with van der Waals surface area (Å²) < 4.78 is 1.80. The minimum absolute atomic E-state index is 0.0220. The maximum absolute atomic E-state index is 12.1. The summed E-state index contributed by atoms with van der Waals surface area (Å²) in [4.78, 5) is 26.5. The van der Waals surface area contributed by atoms with E-state index in [9.17, 15) is 20.0 Å². The fraction of sp³-hybridized carbons (Fsp3) is 0.118. The molecule has 0 saturated carbocycles. The lowest BCUT2D eigenvalue weighted by Crippen LogP contribution is -2.21. The van der Waals surface area contributed by atoms with Crippen LogP contribution in [0.5, 0.6) is 5.75 Å². The van der Waals surface area contributed by atoms with Gasteiger partial charge < -0.3 is 9.67 Å². The molecular formula is C17H13ClN5O4-. The zero-order valence-corrected chi connectivity index (χ0v) is 14.8. The number of hydrogen-bond acceptors (Lipinski definition) is 6. The van der Waals surface area contributed by atoms with Gasteiger partial charge in [-0.2, -0.15) is 5.10 Å². The fourth-order valence-electron chi connectivity index (χ4n) is 2.54. The Bertz CT molecular complexity index is 1080. The van der Waals surface area contributed by atoms with E-state index in [4.69, 9.17) is 11.6 Å². The number of nitro groups is 1. The number of hydrogen-bond donors (Lipinski definition) is 1. The number of amides is 1. The Hall–Kier alpha value is -3.46. The Morgan fingerprint density at radius 2 is 2.15 bits per heavy atom. The van der Waals surface area contributed by atoms with Gasteiger partial charge in [-0.25, -0.2) is 10.4 Å². The van der Waals surface area contributed by atoms with Crippen molar-refractivity contribution in [3.63, 3.8) is 0 Å². The molecule has 1 amide bonds. The van der Waals surface area contributed by atoms with E-state index in [1.54, 1.807) is 11.6 Å². The number of nitro benzene ring substituents is 1. The minimum Gasteiger partial charge on any atom is -0.867 e. The smallest absolute Gasteiger partial charge is 0.263 e. The van der Waals surface area contributed by atoms with Crippen molar-refractivity contribution in [3.05, 3.63) is 62.9 Å². The number of hydrazone groups is 1. The van der Waals surface area contributed by atoms with Crippen LogP contribution in [0, 0.1) is 10.1 Å². The summed E-state index contributed by atoms with van der Waals surface area (Å²) in [6.45, 7) is 0. The summed E-state index contributed by atoms with van der Waals surface area (Å²) in [6.07, 6.45) is 0.997. The molecular weight excluding hydrogens is 374 g/mol. The number of fused-ring (bicyclic) bond motifs is 1. The number of benzene rings is 2. The number of halogens is 1. The molecule has 2 aromatic carbocycles. The van der Waals surface area contributed by atoms with E-state index in [0.717, 1.165) is 23.3 Å². The summed E-state index contributed by atoms with van der Waals surface area (Å²) in [6, 6.07) is 9.67. The highest BCUT2D eigenvalue weighted by molar-refractivity contribution is 6.31. The summed E-state index contributed by atoms with van der Waals surface area (Å²) >= 11 is 5.77. The lowest BCUT2D eigenvalue weighted by atomic mass is 10.2. The standard InChI is InChI=1S/C17H14ClN5O4/c1-22-13-5-3-2-4-12(13)20-15(22)8-16(24)21-19-9-10-6-11(18)7-14(17(10)25)23(26)27/h2-7,9,25H,8H2,1H3,(H,21,24)/p-1/b19-9-. The zero-order valence-electron chi connectivity index (χ0n) is 14.0. The lowest BCUT2D eigenvalue weighted by molar-refractivity contribution is -0.398. The molecule has 0 aliphatic carbocycles. The van der Waals surface area contributed by atoms with Crippen molar-refractivity contribution < 1.29 is 14.8 Å². The summed E-state index contributed by atoms with van der Waals surface area (Å²) in [5, 5.41) is 26.5.